The Labute approximate surface area is 144 Å². The first-order valence-corrected chi connectivity index (χ1v) is 7.89. The molecule has 0 aliphatic carbocycles. The van der Waals surface area contributed by atoms with Gasteiger partial charge in [0.2, 0.25) is 0 Å². The highest BCUT2D eigenvalue weighted by Crippen LogP contribution is 2.21. The molecule has 2 aromatic rings. The van der Waals surface area contributed by atoms with Crippen LogP contribution in [-0.2, 0) is 9.47 Å². The van der Waals surface area contributed by atoms with Gasteiger partial charge in [-0.1, -0.05) is 79.4 Å². The van der Waals surface area contributed by atoms with Crippen LogP contribution >= 0.6 is 0 Å². The van der Waals surface area contributed by atoms with Crippen molar-refractivity contribution >= 4 is 12.2 Å². The largest absolute Gasteiger partial charge is 0.486 e. The summed E-state index contributed by atoms with van der Waals surface area (Å²) >= 11 is 0. The van der Waals surface area contributed by atoms with Gasteiger partial charge < -0.3 is 9.47 Å². The Morgan fingerprint density at radius 2 is 1.42 bits per heavy atom. The summed E-state index contributed by atoms with van der Waals surface area (Å²) in [6.45, 7) is 6.03. The molecule has 0 radical (unpaired) electrons. The fourth-order valence-corrected chi connectivity index (χ4v) is 2.04. The second-order valence-corrected chi connectivity index (χ2v) is 5.03. The number of rotatable bonds is 8. The SMILES string of the molecule is C=CCOC(=Cc1ccccc1)C(=Cc1ccccc1)OC=CC. The normalized spacial score (nSPS) is 12.2. The molecule has 2 heteroatoms. The molecule has 0 unspecified atom stereocenters. The Morgan fingerprint density at radius 1 is 0.875 bits per heavy atom. The maximum Gasteiger partial charge on any atom is 0.168 e. The van der Waals surface area contributed by atoms with Gasteiger partial charge in [0.25, 0.3) is 0 Å². The van der Waals surface area contributed by atoms with E-state index in [1.807, 2.05) is 85.8 Å². The van der Waals surface area contributed by atoms with Crippen LogP contribution < -0.4 is 0 Å². The molecule has 0 saturated carbocycles. The predicted octanol–water partition coefficient (Wildman–Crippen LogP) is 5.82. The van der Waals surface area contributed by atoms with E-state index >= 15 is 0 Å². The van der Waals surface area contributed by atoms with E-state index in [0.717, 1.165) is 11.1 Å². The lowest BCUT2D eigenvalue weighted by molar-refractivity contribution is 0.219. The zero-order valence-corrected chi connectivity index (χ0v) is 13.9. The lowest BCUT2D eigenvalue weighted by atomic mass is 10.1. The second-order valence-electron chi connectivity index (χ2n) is 5.03. The van der Waals surface area contributed by atoms with Crippen LogP contribution in [0.1, 0.15) is 18.1 Å². The first kappa shape index (κ1) is 17.4. The molecule has 24 heavy (non-hydrogen) atoms. The first-order chi connectivity index (χ1) is 11.8. The number of hydrogen-bond acceptors (Lipinski definition) is 2. The summed E-state index contributed by atoms with van der Waals surface area (Å²) in [6, 6.07) is 20.0. The van der Waals surface area contributed by atoms with Crippen molar-refractivity contribution in [2.45, 2.75) is 6.92 Å². The fraction of sp³-hybridized carbons (Fsp3) is 0.0909. The second kappa shape index (κ2) is 9.90. The third-order valence-electron chi connectivity index (χ3n) is 3.13. The van der Waals surface area contributed by atoms with Gasteiger partial charge in [-0.15, -0.1) is 0 Å². The van der Waals surface area contributed by atoms with Gasteiger partial charge in [-0.05, 0) is 30.2 Å². The summed E-state index contributed by atoms with van der Waals surface area (Å²) in [4.78, 5) is 0. The molecule has 0 aliphatic rings. The minimum absolute atomic E-state index is 0.407. The van der Waals surface area contributed by atoms with Crippen molar-refractivity contribution in [3.05, 3.63) is 108 Å². The van der Waals surface area contributed by atoms with E-state index < -0.39 is 0 Å². The van der Waals surface area contributed by atoms with Crippen LogP contribution in [0.25, 0.3) is 12.2 Å². The molecule has 0 heterocycles. The van der Waals surface area contributed by atoms with E-state index in [1.165, 1.54) is 0 Å². The summed E-state index contributed by atoms with van der Waals surface area (Å²) in [7, 11) is 0. The summed E-state index contributed by atoms with van der Waals surface area (Å²) in [5.74, 6) is 1.30. The summed E-state index contributed by atoms with van der Waals surface area (Å²) in [6.07, 6.45) is 9.12. The number of hydrogen-bond donors (Lipinski definition) is 0. The molecule has 2 nitrogen and oxygen atoms in total. The van der Waals surface area contributed by atoms with E-state index in [0.29, 0.717) is 18.1 Å². The van der Waals surface area contributed by atoms with Crippen LogP contribution in [-0.4, -0.2) is 6.61 Å². The Kier molecular flexibility index (Phi) is 7.16. The summed E-state index contributed by atoms with van der Waals surface area (Å²) in [5, 5.41) is 0. The van der Waals surface area contributed by atoms with Gasteiger partial charge in [0, 0.05) is 0 Å². The third kappa shape index (κ3) is 5.65. The molecular formula is C22H22O2. The molecule has 122 valence electrons. The molecule has 0 atom stereocenters. The molecule has 0 aromatic heterocycles. The maximum atomic E-state index is 5.84. The number of benzene rings is 2. The van der Waals surface area contributed by atoms with E-state index in [4.69, 9.17) is 9.47 Å². The van der Waals surface area contributed by atoms with Gasteiger partial charge in [-0.2, -0.15) is 0 Å². The van der Waals surface area contributed by atoms with Crippen molar-refractivity contribution in [3.8, 4) is 0 Å². The maximum absolute atomic E-state index is 5.84. The average Bonchev–Trinajstić information content (AvgIpc) is 2.64. The highest BCUT2D eigenvalue weighted by molar-refractivity contribution is 5.62. The lowest BCUT2D eigenvalue weighted by Crippen LogP contribution is -1.99. The van der Waals surface area contributed by atoms with Crippen molar-refractivity contribution in [1.29, 1.82) is 0 Å². The van der Waals surface area contributed by atoms with Crippen LogP contribution in [0.2, 0.25) is 0 Å². The first-order valence-electron chi connectivity index (χ1n) is 7.89. The van der Waals surface area contributed by atoms with Gasteiger partial charge in [0.1, 0.15) is 6.61 Å². The van der Waals surface area contributed by atoms with Crippen LogP contribution in [0.4, 0.5) is 0 Å². The van der Waals surface area contributed by atoms with Gasteiger partial charge in [0.15, 0.2) is 11.5 Å². The molecule has 0 N–H and O–H groups in total. The van der Waals surface area contributed by atoms with Crippen LogP contribution in [0.3, 0.4) is 0 Å². The van der Waals surface area contributed by atoms with Crippen molar-refractivity contribution in [3.63, 3.8) is 0 Å². The third-order valence-corrected chi connectivity index (χ3v) is 3.13. The molecule has 0 aliphatic heterocycles. The molecule has 0 amide bonds. The summed E-state index contributed by atoms with van der Waals surface area (Å²) in [5.41, 5.74) is 2.08. The Morgan fingerprint density at radius 3 is 1.92 bits per heavy atom. The molecular weight excluding hydrogens is 296 g/mol. The van der Waals surface area contributed by atoms with Gasteiger partial charge >= 0.3 is 0 Å². The van der Waals surface area contributed by atoms with Crippen molar-refractivity contribution < 1.29 is 9.47 Å². The number of ether oxygens (including phenoxy) is 2. The lowest BCUT2D eigenvalue weighted by Gasteiger charge is -2.13. The minimum Gasteiger partial charge on any atom is -0.486 e. The molecule has 0 saturated heterocycles. The van der Waals surface area contributed by atoms with E-state index in [-0.39, 0.29) is 0 Å². The van der Waals surface area contributed by atoms with Crippen LogP contribution in [0, 0.1) is 0 Å². The standard InChI is InChI=1S/C22H22O2/c1-3-15-23-21(17-19-11-7-5-8-12-19)22(24-16-4-2)18-20-13-9-6-10-14-20/h3-14,16-18H,1,15H2,2H3. The molecule has 2 rings (SSSR count). The molecule has 2 aromatic carbocycles. The molecule has 0 bridgehead atoms. The zero-order valence-electron chi connectivity index (χ0n) is 13.9. The van der Waals surface area contributed by atoms with E-state index in [9.17, 15) is 0 Å². The van der Waals surface area contributed by atoms with Crippen molar-refractivity contribution in [2.75, 3.05) is 6.61 Å². The van der Waals surface area contributed by atoms with E-state index in [1.54, 1.807) is 12.3 Å². The topological polar surface area (TPSA) is 18.5 Å². The van der Waals surface area contributed by atoms with Crippen LogP contribution in [0.15, 0.2) is 97.2 Å². The van der Waals surface area contributed by atoms with Crippen molar-refractivity contribution in [1.82, 2.24) is 0 Å². The fourth-order valence-electron chi connectivity index (χ4n) is 2.04. The minimum atomic E-state index is 0.407. The molecule has 0 spiro atoms. The molecule has 0 fully saturated rings. The van der Waals surface area contributed by atoms with Gasteiger partial charge in [-0.3, -0.25) is 0 Å². The monoisotopic (exact) mass is 318 g/mol. The highest BCUT2D eigenvalue weighted by Gasteiger charge is 2.08. The van der Waals surface area contributed by atoms with E-state index in [2.05, 4.69) is 6.58 Å². The Bertz CT molecular complexity index is 710. The smallest absolute Gasteiger partial charge is 0.168 e. The predicted molar refractivity (Wildman–Crippen MR) is 101 cm³/mol. The average molecular weight is 318 g/mol. The highest BCUT2D eigenvalue weighted by atomic mass is 16.5. The zero-order chi connectivity index (χ0) is 17.0. The van der Waals surface area contributed by atoms with Crippen molar-refractivity contribution in [2.24, 2.45) is 0 Å². The van der Waals surface area contributed by atoms with Crippen LogP contribution in [0.5, 0.6) is 0 Å². The van der Waals surface area contributed by atoms with Gasteiger partial charge in [0.05, 0.1) is 6.26 Å². The van der Waals surface area contributed by atoms with Gasteiger partial charge in [-0.25, -0.2) is 0 Å². The Hall–Kier alpha value is -3.00. The Balaban J connectivity index is 2.41. The summed E-state index contributed by atoms with van der Waals surface area (Å²) < 4.78 is 11.6. The quantitative estimate of drug-likeness (QED) is 0.347. The number of allylic oxidation sites excluding steroid dienone is 1.